The van der Waals surface area contributed by atoms with Gasteiger partial charge in [0, 0.05) is 14.1 Å². The summed E-state index contributed by atoms with van der Waals surface area (Å²) < 4.78 is 10.5. The van der Waals surface area contributed by atoms with Gasteiger partial charge in [-0.2, -0.15) is 0 Å². The third-order valence-electron chi connectivity index (χ3n) is 9.57. The van der Waals surface area contributed by atoms with E-state index in [-0.39, 0.29) is 30.7 Å². The van der Waals surface area contributed by atoms with Gasteiger partial charge in [-0.1, -0.05) is 30.3 Å². The van der Waals surface area contributed by atoms with Gasteiger partial charge in [0.25, 0.3) is 0 Å². The van der Waals surface area contributed by atoms with Gasteiger partial charge in [0.2, 0.25) is 0 Å². The molecular weight excluding hydrogens is 835 g/mol. The van der Waals surface area contributed by atoms with Crippen molar-refractivity contribution in [2.24, 2.45) is 11.8 Å². The van der Waals surface area contributed by atoms with Gasteiger partial charge in [0.1, 0.15) is 0 Å². The molecular formula is C40H60IN6O9-. The summed E-state index contributed by atoms with van der Waals surface area (Å²) in [5.41, 5.74) is -0.790. The predicted molar refractivity (Wildman–Crippen MR) is 203 cm³/mol. The minimum absolute atomic E-state index is 0.130. The molecule has 2 unspecified atom stereocenters. The quantitative estimate of drug-likeness (QED) is 0.0798. The number of carbonyl (C=O) groups excluding carboxylic acids is 7. The zero-order chi connectivity index (χ0) is 41.4. The van der Waals surface area contributed by atoms with E-state index in [1.807, 2.05) is 20.8 Å². The van der Waals surface area contributed by atoms with E-state index in [4.69, 9.17) is 9.47 Å². The number of carbonyl (C=O) groups is 7. The molecule has 2 saturated carbocycles. The van der Waals surface area contributed by atoms with Crippen molar-refractivity contribution in [1.82, 2.24) is 31.1 Å². The topological polar surface area (TPSA) is 193 Å². The van der Waals surface area contributed by atoms with Crippen LogP contribution >= 0.6 is 0 Å². The molecule has 312 valence electrons. The van der Waals surface area contributed by atoms with Gasteiger partial charge < -0.3 is 4.90 Å². The number of halogens is 1. The van der Waals surface area contributed by atoms with Crippen molar-refractivity contribution in [3.8, 4) is 0 Å². The van der Waals surface area contributed by atoms with Crippen LogP contribution in [0.1, 0.15) is 105 Å². The van der Waals surface area contributed by atoms with Crippen LogP contribution in [-0.2, 0) is 38.2 Å². The Hall–Kier alpha value is -3.80. The van der Waals surface area contributed by atoms with Gasteiger partial charge in [-0.15, -0.1) is 0 Å². The second kappa shape index (κ2) is 19.6. The van der Waals surface area contributed by atoms with Gasteiger partial charge in [0.15, 0.2) is 0 Å². The van der Waals surface area contributed by atoms with Crippen LogP contribution in [0.4, 0.5) is 4.79 Å². The number of alkyl carbamates (subject to hydrolysis) is 1. The summed E-state index contributed by atoms with van der Waals surface area (Å²) in [7, 11) is 3.13. The fraction of sp³-hybridized carbons (Fsp3) is 0.675. The summed E-state index contributed by atoms with van der Waals surface area (Å²) in [5.74, 6) is -4.01. The Morgan fingerprint density at radius 3 is 2.07 bits per heavy atom. The monoisotopic (exact) mass is 895 g/mol. The molecule has 3 aliphatic rings. The van der Waals surface area contributed by atoms with Gasteiger partial charge in [0.05, 0.1) is 0 Å². The van der Waals surface area contributed by atoms with Crippen molar-refractivity contribution in [3.05, 3.63) is 35.9 Å². The van der Waals surface area contributed by atoms with Gasteiger partial charge >= 0.3 is 288 Å². The summed E-state index contributed by atoms with van der Waals surface area (Å²) in [6.07, 6.45) is 5.51. The molecule has 0 radical (unpaired) electrons. The van der Waals surface area contributed by atoms with Crippen LogP contribution < -0.4 is 42.5 Å². The van der Waals surface area contributed by atoms with Crippen molar-refractivity contribution in [2.45, 2.75) is 130 Å². The number of ketones is 1. The van der Waals surface area contributed by atoms with Crippen molar-refractivity contribution in [2.75, 3.05) is 27.2 Å². The summed E-state index contributed by atoms with van der Waals surface area (Å²) >= 11 is -1.15. The molecule has 1 heterocycles. The van der Waals surface area contributed by atoms with Crippen LogP contribution in [-0.4, -0.2) is 110 Å². The molecule has 4 N–H and O–H groups in total. The van der Waals surface area contributed by atoms with E-state index in [1.165, 1.54) is 9.80 Å². The number of amides is 6. The Balaban J connectivity index is 1.49. The van der Waals surface area contributed by atoms with E-state index in [2.05, 4.69) is 21.3 Å². The van der Waals surface area contributed by atoms with Crippen LogP contribution in [0.5, 0.6) is 0 Å². The number of Topliss-reactive ketones (excluding diaryl/α,β-unsaturated/α-hetero) is 1. The number of ether oxygens (including phenoxy) is 2. The molecule has 1 aliphatic heterocycles. The molecule has 1 saturated heterocycles. The van der Waals surface area contributed by atoms with Crippen LogP contribution in [0.3, 0.4) is 0 Å². The molecule has 1 aromatic rings. The molecule has 2 aliphatic carbocycles. The Morgan fingerprint density at radius 1 is 0.857 bits per heavy atom. The molecule has 3 fully saturated rings. The molecule has 0 bridgehead atoms. The summed E-state index contributed by atoms with van der Waals surface area (Å²) in [6.45, 7) is 10.5. The molecule has 15 nitrogen and oxygen atoms in total. The fourth-order valence-corrected chi connectivity index (χ4v) is 10.5. The molecule has 6 amide bonds. The van der Waals surface area contributed by atoms with E-state index in [9.17, 15) is 33.6 Å². The van der Waals surface area contributed by atoms with E-state index in [0.717, 1.165) is 44.9 Å². The molecule has 0 spiro atoms. The number of benzene rings is 1. The van der Waals surface area contributed by atoms with E-state index >= 15 is 0 Å². The third kappa shape index (κ3) is 13.7. The van der Waals surface area contributed by atoms with Crippen molar-refractivity contribution >= 4 is 41.4 Å². The fourth-order valence-electron chi connectivity index (χ4n) is 6.77. The SMILES string of the molecule is CN(C)C(=O)[C@@H](NC(=O)CNC(=O)C(=O)C(CC1CC1)NC(=O)[C@@H]1[I-]C(OC(C)(C)C)CN1C(=O)[C@@H](NC(=O)OC(C)(C)C)C1CCCCC1)c1ccccc1. The number of alkyl halides is 2. The average Bonchev–Trinajstić information content (AvgIpc) is 3.85. The van der Waals surface area contributed by atoms with Gasteiger partial charge in [-0.25, -0.2) is 0 Å². The Kier molecular flexibility index (Phi) is 15.7. The van der Waals surface area contributed by atoms with Gasteiger partial charge in [-0.3, -0.25) is 4.79 Å². The van der Waals surface area contributed by atoms with Crippen LogP contribution in [0.25, 0.3) is 0 Å². The molecule has 0 aromatic heterocycles. The summed E-state index contributed by atoms with van der Waals surface area (Å²) in [5, 5.41) is 10.6. The second-order valence-corrected chi connectivity index (χ2v) is 20.3. The Labute approximate surface area is 340 Å². The number of hydrogen-bond acceptors (Lipinski definition) is 9. The number of nitrogens with zero attached hydrogens (tertiary/aromatic N) is 2. The third-order valence-corrected chi connectivity index (χ3v) is 12.9. The first kappa shape index (κ1) is 44.9. The zero-order valence-corrected chi connectivity index (χ0v) is 36.1. The standard InChI is InChI=1S/C40H60IN6O9/c1-39(2,3)55-28-23-47(37(53)31(26-17-13-10-14-18-26)45-38(54)56-40(4,5)6)33(41-28)35(51)43-27(21-24-19-20-24)32(49)34(50)42-22-29(48)44-30(36(52)46(7)8)25-15-11-9-12-16-25/h9,11-12,15-16,24,26-28,30-31,33H,10,13-14,17-23H2,1-8H3,(H,42,50)(H,43,51)(H,44,48)(H,45,54)/q-1/t27?,28?,30-,31-,33+/m0/s1. The predicted octanol–water partition coefficient (Wildman–Crippen LogP) is -0.226. The number of hydrogen-bond donors (Lipinski definition) is 4. The average molecular weight is 896 g/mol. The Bertz CT molecular complexity index is 1580. The van der Waals surface area contributed by atoms with Crippen LogP contribution in [0.2, 0.25) is 0 Å². The second-order valence-electron chi connectivity index (χ2n) is 17.0. The van der Waals surface area contributed by atoms with E-state index < -0.39 is 101 Å². The molecule has 1 aromatic carbocycles. The van der Waals surface area contributed by atoms with Crippen molar-refractivity contribution in [1.29, 1.82) is 0 Å². The van der Waals surface area contributed by atoms with Crippen molar-refractivity contribution in [3.63, 3.8) is 0 Å². The first-order valence-corrected chi connectivity index (χ1v) is 22.0. The number of nitrogens with one attached hydrogen (secondary N) is 4. The maximum absolute atomic E-state index is 14.5. The van der Waals surface area contributed by atoms with Crippen LogP contribution in [0, 0.1) is 11.8 Å². The minimum atomic E-state index is -1.19. The molecule has 5 atom stereocenters. The molecule has 4 rings (SSSR count). The molecule has 56 heavy (non-hydrogen) atoms. The summed E-state index contributed by atoms with van der Waals surface area (Å²) in [6, 6.07) is 5.54. The smallest absolute Gasteiger partial charge is 0.0622 e. The Morgan fingerprint density at radius 2 is 1.50 bits per heavy atom. The van der Waals surface area contributed by atoms with E-state index in [1.54, 1.807) is 65.2 Å². The number of likely N-dealkylation sites (N-methyl/N-ethyl adjacent to an activating group) is 1. The maximum atomic E-state index is 14.5. The van der Waals surface area contributed by atoms with Crippen LogP contribution in [0.15, 0.2) is 30.3 Å². The van der Waals surface area contributed by atoms with Crippen molar-refractivity contribution < 1.29 is 64.2 Å². The number of rotatable bonds is 15. The van der Waals surface area contributed by atoms with Gasteiger partial charge in [-0.05, 0) is 0 Å². The zero-order valence-electron chi connectivity index (χ0n) is 33.9. The first-order chi connectivity index (χ1) is 26.2. The molecule has 16 heteroatoms. The normalized spacial score (nSPS) is 20.7. The first-order valence-electron chi connectivity index (χ1n) is 19.5. The summed E-state index contributed by atoms with van der Waals surface area (Å²) in [4.78, 5) is 97.4. The minimum Gasteiger partial charge on any atom is -0.0622 e. The van der Waals surface area contributed by atoms with E-state index in [0.29, 0.717) is 5.56 Å².